The van der Waals surface area contributed by atoms with Crippen LogP contribution in [0.15, 0.2) is 28.9 Å². The van der Waals surface area contributed by atoms with Crippen molar-refractivity contribution < 1.29 is 4.42 Å². The third-order valence-corrected chi connectivity index (χ3v) is 2.32. The fraction of sp³-hybridized carbons (Fsp3) is 0.417. The van der Waals surface area contributed by atoms with Crippen LogP contribution in [-0.4, -0.2) is 28.3 Å². The van der Waals surface area contributed by atoms with E-state index in [0.717, 1.165) is 31.5 Å². The van der Waals surface area contributed by atoms with Crippen molar-refractivity contribution in [3.63, 3.8) is 0 Å². The van der Waals surface area contributed by atoms with E-state index in [1.54, 1.807) is 12.4 Å². The Morgan fingerprint density at radius 1 is 1.29 bits per heavy atom. The van der Waals surface area contributed by atoms with E-state index in [9.17, 15) is 0 Å². The molecule has 2 rings (SSSR count). The summed E-state index contributed by atoms with van der Waals surface area (Å²) in [5, 5.41) is 11.3. The third-order valence-electron chi connectivity index (χ3n) is 2.32. The molecule has 0 spiro atoms. The van der Waals surface area contributed by atoms with Gasteiger partial charge in [-0.2, -0.15) is 0 Å². The van der Waals surface area contributed by atoms with Gasteiger partial charge in [0.25, 0.3) is 0 Å². The minimum absolute atomic E-state index is 0.531. The molecule has 0 fully saturated rings. The van der Waals surface area contributed by atoms with Gasteiger partial charge in [0, 0.05) is 25.4 Å². The third kappa shape index (κ3) is 3.35. The summed E-state index contributed by atoms with van der Waals surface area (Å²) in [6.07, 6.45) is 5.32. The molecule has 2 heterocycles. The maximum atomic E-state index is 5.55. The van der Waals surface area contributed by atoms with Crippen molar-refractivity contribution in [2.24, 2.45) is 0 Å². The van der Waals surface area contributed by atoms with Gasteiger partial charge in [-0.15, -0.1) is 10.2 Å². The first-order chi connectivity index (χ1) is 8.40. The quantitative estimate of drug-likeness (QED) is 0.767. The summed E-state index contributed by atoms with van der Waals surface area (Å²) in [5.41, 5.74) is 0.854. The number of pyridine rings is 1. The number of nitrogens with one attached hydrogen (secondary N) is 1. The van der Waals surface area contributed by atoms with E-state index in [4.69, 9.17) is 4.42 Å². The maximum absolute atomic E-state index is 5.55. The highest BCUT2D eigenvalue weighted by molar-refractivity contribution is 5.49. The molecular weight excluding hydrogens is 216 g/mol. The van der Waals surface area contributed by atoms with Gasteiger partial charge in [0.1, 0.15) is 0 Å². The molecule has 0 atom stereocenters. The lowest BCUT2D eigenvalue weighted by Gasteiger charge is -1.98. The van der Waals surface area contributed by atoms with Crippen LogP contribution in [0.3, 0.4) is 0 Å². The fourth-order valence-corrected chi connectivity index (χ4v) is 1.46. The van der Waals surface area contributed by atoms with Crippen LogP contribution in [0, 0.1) is 0 Å². The van der Waals surface area contributed by atoms with Crippen LogP contribution in [-0.2, 0) is 6.42 Å². The Balaban J connectivity index is 1.92. The molecule has 0 saturated carbocycles. The molecule has 5 heteroatoms. The van der Waals surface area contributed by atoms with Crippen LogP contribution in [0.5, 0.6) is 0 Å². The van der Waals surface area contributed by atoms with E-state index in [1.807, 2.05) is 12.1 Å². The molecule has 0 aliphatic rings. The lowest BCUT2D eigenvalue weighted by atomic mass is 10.3. The predicted molar refractivity (Wildman–Crippen MR) is 64.4 cm³/mol. The molecule has 17 heavy (non-hydrogen) atoms. The van der Waals surface area contributed by atoms with Gasteiger partial charge >= 0.3 is 0 Å². The highest BCUT2D eigenvalue weighted by Crippen LogP contribution is 2.15. The molecule has 0 aliphatic heterocycles. The fourth-order valence-electron chi connectivity index (χ4n) is 1.46. The van der Waals surface area contributed by atoms with E-state index in [2.05, 4.69) is 27.4 Å². The number of aromatic nitrogens is 3. The molecule has 2 aromatic heterocycles. The second-order valence-electron chi connectivity index (χ2n) is 3.74. The molecule has 0 aromatic carbocycles. The molecule has 2 aromatic rings. The molecule has 0 bridgehead atoms. The summed E-state index contributed by atoms with van der Waals surface area (Å²) in [7, 11) is 0. The van der Waals surface area contributed by atoms with E-state index >= 15 is 0 Å². The van der Waals surface area contributed by atoms with Crippen molar-refractivity contribution >= 4 is 0 Å². The number of hydrogen-bond acceptors (Lipinski definition) is 5. The summed E-state index contributed by atoms with van der Waals surface area (Å²) in [4.78, 5) is 4.02. The van der Waals surface area contributed by atoms with E-state index in [0.29, 0.717) is 11.8 Å². The summed E-state index contributed by atoms with van der Waals surface area (Å²) in [6, 6.07) is 3.75. The van der Waals surface area contributed by atoms with Crippen molar-refractivity contribution in [1.29, 1.82) is 0 Å². The zero-order valence-corrected chi connectivity index (χ0v) is 9.89. The molecule has 0 saturated heterocycles. The average Bonchev–Trinajstić information content (AvgIpc) is 2.85. The van der Waals surface area contributed by atoms with Gasteiger partial charge in [-0.05, 0) is 25.1 Å². The van der Waals surface area contributed by atoms with Crippen molar-refractivity contribution in [3.05, 3.63) is 30.4 Å². The van der Waals surface area contributed by atoms with E-state index in [-0.39, 0.29) is 0 Å². The molecule has 1 N–H and O–H groups in total. The summed E-state index contributed by atoms with van der Waals surface area (Å²) < 4.78 is 5.55. The highest BCUT2D eigenvalue weighted by atomic mass is 16.4. The Kier molecular flexibility index (Phi) is 4.21. The molecule has 90 valence electrons. The topological polar surface area (TPSA) is 63.8 Å². The Morgan fingerprint density at radius 3 is 3.00 bits per heavy atom. The molecule has 5 nitrogen and oxygen atoms in total. The van der Waals surface area contributed by atoms with Gasteiger partial charge < -0.3 is 9.73 Å². The van der Waals surface area contributed by atoms with Crippen LogP contribution in [0.4, 0.5) is 0 Å². The first-order valence-electron chi connectivity index (χ1n) is 5.83. The molecule has 0 aliphatic carbocycles. The first kappa shape index (κ1) is 11.7. The van der Waals surface area contributed by atoms with Gasteiger partial charge in [0.2, 0.25) is 11.8 Å². The van der Waals surface area contributed by atoms with Gasteiger partial charge in [-0.25, -0.2) is 0 Å². The first-order valence-corrected chi connectivity index (χ1v) is 5.83. The van der Waals surface area contributed by atoms with Crippen molar-refractivity contribution in [1.82, 2.24) is 20.5 Å². The smallest absolute Gasteiger partial charge is 0.249 e. The summed E-state index contributed by atoms with van der Waals surface area (Å²) in [5.74, 6) is 1.19. The zero-order chi connectivity index (χ0) is 11.9. The van der Waals surface area contributed by atoms with Crippen LogP contribution in [0.25, 0.3) is 11.5 Å². The number of hydrogen-bond donors (Lipinski definition) is 1. The highest BCUT2D eigenvalue weighted by Gasteiger charge is 2.07. The molecule has 0 amide bonds. The maximum Gasteiger partial charge on any atom is 0.249 e. The Bertz CT molecular complexity index is 441. The normalized spacial score (nSPS) is 10.6. The van der Waals surface area contributed by atoms with E-state index in [1.165, 1.54) is 0 Å². The zero-order valence-electron chi connectivity index (χ0n) is 9.89. The summed E-state index contributed by atoms with van der Waals surface area (Å²) >= 11 is 0. The molecular formula is C12H16N4O. The lowest BCUT2D eigenvalue weighted by molar-refractivity contribution is 0.494. The number of nitrogens with zero attached hydrogens (tertiary/aromatic N) is 3. The van der Waals surface area contributed by atoms with Crippen LogP contribution >= 0.6 is 0 Å². The average molecular weight is 232 g/mol. The van der Waals surface area contributed by atoms with E-state index < -0.39 is 0 Å². The van der Waals surface area contributed by atoms with Gasteiger partial charge in [0.15, 0.2) is 0 Å². The minimum Gasteiger partial charge on any atom is -0.421 e. The molecule has 0 unspecified atom stereocenters. The standard InChI is InChI=1S/C12H16N4O/c1-2-6-13-8-5-11-15-16-12(17-11)10-4-3-7-14-9-10/h3-4,7,9,13H,2,5-6,8H2,1H3. The van der Waals surface area contributed by atoms with Gasteiger partial charge in [-0.3, -0.25) is 4.98 Å². The minimum atomic E-state index is 0.531. The van der Waals surface area contributed by atoms with Crippen LogP contribution in [0.1, 0.15) is 19.2 Å². The Labute approximate surface area is 100 Å². The van der Waals surface area contributed by atoms with Crippen molar-refractivity contribution in [2.45, 2.75) is 19.8 Å². The monoisotopic (exact) mass is 232 g/mol. The second-order valence-corrected chi connectivity index (χ2v) is 3.74. The van der Waals surface area contributed by atoms with Gasteiger partial charge in [-0.1, -0.05) is 6.92 Å². The van der Waals surface area contributed by atoms with Crippen molar-refractivity contribution in [2.75, 3.05) is 13.1 Å². The SMILES string of the molecule is CCCNCCc1nnc(-c2cccnc2)o1. The Hall–Kier alpha value is -1.75. The largest absolute Gasteiger partial charge is 0.421 e. The predicted octanol–water partition coefficient (Wildman–Crippen LogP) is 1.67. The second kappa shape index (κ2) is 6.10. The summed E-state index contributed by atoms with van der Waals surface area (Å²) in [6.45, 7) is 4.02. The number of rotatable bonds is 6. The Morgan fingerprint density at radius 2 is 2.24 bits per heavy atom. The lowest BCUT2D eigenvalue weighted by Crippen LogP contribution is -2.17. The van der Waals surface area contributed by atoms with Crippen LogP contribution < -0.4 is 5.32 Å². The van der Waals surface area contributed by atoms with Crippen LogP contribution in [0.2, 0.25) is 0 Å². The van der Waals surface area contributed by atoms with Crippen molar-refractivity contribution in [3.8, 4) is 11.5 Å². The van der Waals surface area contributed by atoms with Gasteiger partial charge in [0.05, 0.1) is 5.56 Å². The molecule has 0 radical (unpaired) electrons.